The highest BCUT2D eigenvalue weighted by Gasteiger charge is 2.33. The number of hydrogen-bond donors (Lipinski definition) is 2. The smallest absolute Gasteiger partial charge is 0.255 e. The predicted molar refractivity (Wildman–Crippen MR) is 121 cm³/mol. The summed E-state index contributed by atoms with van der Waals surface area (Å²) in [6.45, 7) is 6.68. The summed E-state index contributed by atoms with van der Waals surface area (Å²) in [6.07, 6.45) is 3.56. The zero-order chi connectivity index (χ0) is 21.8. The molecule has 160 valence electrons. The molecule has 0 saturated heterocycles. The Hall–Kier alpha value is -3.61. The molecule has 2 N–H and O–H groups in total. The van der Waals surface area contributed by atoms with Crippen LogP contribution in [-0.2, 0) is 4.79 Å². The number of benzene rings is 2. The number of nitrogens with zero attached hydrogens (tertiary/aromatic N) is 3. The van der Waals surface area contributed by atoms with Gasteiger partial charge in [0.1, 0.15) is 18.1 Å². The number of aromatic nitrogens is 3. The van der Waals surface area contributed by atoms with Gasteiger partial charge < -0.3 is 15.4 Å². The van der Waals surface area contributed by atoms with Crippen LogP contribution in [0.5, 0.6) is 5.75 Å². The highest BCUT2D eigenvalue weighted by Crippen LogP contribution is 2.36. The molecule has 0 radical (unpaired) electrons. The average Bonchev–Trinajstić information content (AvgIpc) is 3.21. The number of aryl methyl sites for hydroxylation is 1. The molecule has 31 heavy (non-hydrogen) atoms. The normalized spacial score (nSPS) is 15.3. The summed E-state index contributed by atoms with van der Waals surface area (Å²) in [5.74, 6) is 1.20. The van der Waals surface area contributed by atoms with Crippen LogP contribution in [0, 0.1) is 6.92 Å². The second-order valence-corrected chi connectivity index (χ2v) is 7.69. The minimum absolute atomic E-state index is 0.181. The number of rotatable bonds is 7. The van der Waals surface area contributed by atoms with Gasteiger partial charge in [-0.05, 0) is 55.7 Å². The molecule has 1 aliphatic rings. The van der Waals surface area contributed by atoms with Gasteiger partial charge in [-0.1, -0.05) is 37.6 Å². The van der Waals surface area contributed by atoms with Crippen molar-refractivity contribution in [3.63, 3.8) is 0 Å². The molecule has 7 heteroatoms. The van der Waals surface area contributed by atoms with Crippen LogP contribution in [0.25, 0.3) is 0 Å². The number of amides is 1. The third-order valence-corrected chi connectivity index (χ3v) is 5.26. The van der Waals surface area contributed by atoms with Crippen molar-refractivity contribution in [1.29, 1.82) is 0 Å². The number of hydrogen-bond acceptors (Lipinski definition) is 5. The molecular formula is C24H27N5O2. The number of ether oxygens (including phenoxy) is 1. The third-order valence-electron chi connectivity index (χ3n) is 5.26. The second-order valence-electron chi connectivity index (χ2n) is 7.69. The van der Waals surface area contributed by atoms with Crippen molar-refractivity contribution in [3.8, 4) is 5.75 Å². The molecule has 3 aromatic rings. The summed E-state index contributed by atoms with van der Waals surface area (Å²) in [4.78, 5) is 17.7. The monoisotopic (exact) mass is 417 g/mol. The molecule has 7 nitrogen and oxygen atoms in total. The number of carbonyl (C=O) groups is 1. The van der Waals surface area contributed by atoms with Crippen LogP contribution < -0.4 is 15.4 Å². The van der Waals surface area contributed by atoms with E-state index in [0.717, 1.165) is 41.1 Å². The van der Waals surface area contributed by atoms with Gasteiger partial charge in [-0.25, -0.2) is 4.68 Å². The standard InChI is InChI=1S/C24H27N5O2/c1-4-5-12-31-20-11-7-9-18(14-20)22-21(17(3)27-24-25-15-26-29(22)24)23(30)28-19-10-6-8-16(2)13-19/h6-11,13-15,22H,4-5,12H2,1-3H3,(H,28,30)(H,25,26,27). The van der Waals surface area contributed by atoms with E-state index < -0.39 is 6.04 Å². The summed E-state index contributed by atoms with van der Waals surface area (Å²) < 4.78 is 7.64. The van der Waals surface area contributed by atoms with Crippen molar-refractivity contribution in [2.24, 2.45) is 0 Å². The maximum Gasteiger partial charge on any atom is 0.255 e. The summed E-state index contributed by atoms with van der Waals surface area (Å²) in [6, 6.07) is 15.2. The van der Waals surface area contributed by atoms with Gasteiger partial charge in [0.05, 0.1) is 12.2 Å². The molecule has 4 rings (SSSR count). The number of unbranched alkanes of at least 4 members (excludes halogenated alkanes) is 1. The van der Waals surface area contributed by atoms with E-state index in [1.807, 2.05) is 62.4 Å². The first-order valence-corrected chi connectivity index (χ1v) is 10.5. The van der Waals surface area contributed by atoms with Crippen molar-refractivity contribution < 1.29 is 9.53 Å². The van der Waals surface area contributed by atoms with Crippen LogP contribution in [-0.4, -0.2) is 27.3 Å². The maximum absolute atomic E-state index is 13.4. The highest BCUT2D eigenvalue weighted by atomic mass is 16.5. The molecule has 0 fully saturated rings. The molecule has 0 spiro atoms. The lowest BCUT2D eigenvalue weighted by atomic mass is 9.94. The Bertz CT molecular complexity index is 1120. The van der Waals surface area contributed by atoms with Gasteiger partial charge in [0.25, 0.3) is 5.91 Å². The largest absolute Gasteiger partial charge is 0.494 e. The van der Waals surface area contributed by atoms with Crippen LogP contribution in [0.2, 0.25) is 0 Å². The number of allylic oxidation sites excluding steroid dienone is 1. The molecule has 1 atom stereocenters. The first-order valence-electron chi connectivity index (χ1n) is 10.5. The Morgan fingerprint density at radius 1 is 1.19 bits per heavy atom. The predicted octanol–water partition coefficient (Wildman–Crippen LogP) is 4.69. The number of fused-ring (bicyclic) bond motifs is 1. The lowest BCUT2D eigenvalue weighted by molar-refractivity contribution is -0.113. The van der Waals surface area contributed by atoms with Crippen molar-refractivity contribution in [3.05, 3.63) is 77.3 Å². The van der Waals surface area contributed by atoms with Crippen molar-refractivity contribution in [2.45, 2.75) is 39.7 Å². The molecule has 2 aromatic carbocycles. The summed E-state index contributed by atoms with van der Waals surface area (Å²) in [5, 5.41) is 10.6. The zero-order valence-corrected chi connectivity index (χ0v) is 18.1. The molecule has 2 heterocycles. The maximum atomic E-state index is 13.4. The summed E-state index contributed by atoms with van der Waals surface area (Å²) >= 11 is 0. The second kappa shape index (κ2) is 9.04. The number of anilines is 2. The van der Waals surface area contributed by atoms with E-state index in [1.165, 1.54) is 6.33 Å². The first-order chi connectivity index (χ1) is 15.1. The van der Waals surface area contributed by atoms with Crippen molar-refractivity contribution in [1.82, 2.24) is 14.8 Å². The average molecular weight is 418 g/mol. The minimum atomic E-state index is -0.418. The third kappa shape index (κ3) is 4.45. The van der Waals surface area contributed by atoms with E-state index in [4.69, 9.17) is 4.74 Å². The lowest BCUT2D eigenvalue weighted by Crippen LogP contribution is -2.31. The van der Waals surface area contributed by atoms with Gasteiger partial charge in [0.15, 0.2) is 0 Å². The fourth-order valence-corrected chi connectivity index (χ4v) is 3.72. The van der Waals surface area contributed by atoms with E-state index in [9.17, 15) is 4.79 Å². The van der Waals surface area contributed by atoms with Gasteiger partial charge in [-0.15, -0.1) is 0 Å². The molecule has 0 saturated carbocycles. The van der Waals surface area contributed by atoms with Crippen LogP contribution in [0.1, 0.15) is 43.9 Å². The van der Waals surface area contributed by atoms with Crippen molar-refractivity contribution in [2.75, 3.05) is 17.2 Å². The van der Waals surface area contributed by atoms with Gasteiger partial charge in [-0.3, -0.25) is 4.79 Å². The molecule has 1 aromatic heterocycles. The van der Waals surface area contributed by atoms with Crippen LogP contribution in [0.15, 0.2) is 66.1 Å². The number of carbonyl (C=O) groups excluding carboxylic acids is 1. The highest BCUT2D eigenvalue weighted by molar-refractivity contribution is 6.06. The van der Waals surface area contributed by atoms with Crippen LogP contribution in [0.3, 0.4) is 0 Å². The van der Waals surface area contributed by atoms with Gasteiger partial charge >= 0.3 is 0 Å². The lowest BCUT2D eigenvalue weighted by Gasteiger charge is -2.29. The topological polar surface area (TPSA) is 81.1 Å². The SMILES string of the molecule is CCCCOc1cccc(C2C(C(=O)Nc3cccc(C)c3)=C(C)Nc3ncnn32)c1. The quantitative estimate of drug-likeness (QED) is 0.545. The molecule has 0 aliphatic carbocycles. The van der Waals surface area contributed by atoms with Gasteiger partial charge in [-0.2, -0.15) is 10.1 Å². The summed E-state index contributed by atoms with van der Waals surface area (Å²) in [7, 11) is 0. The Labute approximate surface area is 182 Å². The van der Waals surface area contributed by atoms with Crippen molar-refractivity contribution >= 4 is 17.5 Å². The molecule has 1 amide bonds. The first kappa shape index (κ1) is 20.7. The zero-order valence-electron chi connectivity index (χ0n) is 18.1. The number of nitrogens with one attached hydrogen (secondary N) is 2. The Morgan fingerprint density at radius 3 is 2.84 bits per heavy atom. The Balaban J connectivity index is 1.70. The Morgan fingerprint density at radius 2 is 2.03 bits per heavy atom. The summed E-state index contributed by atoms with van der Waals surface area (Å²) in [5.41, 5.74) is 4.08. The van der Waals surface area contributed by atoms with Crippen LogP contribution in [0.4, 0.5) is 11.6 Å². The molecular weight excluding hydrogens is 390 g/mol. The van der Waals surface area contributed by atoms with E-state index in [0.29, 0.717) is 18.1 Å². The molecule has 1 aliphatic heterocycles. The van der Waals surface area contributed by atoms with E-state index in [-0.39, 0.29) is 5.91 Å². The fourth-order valence-electron chi connectivity index (χ4n) is 3.72. The van der Waals surface area contributed by atoms with E-state index >= 15 is 0 Å². The Kier molecular flexibility index (Phi) is 6.02. The van der Waals surface area contributed by atoms with E-state index in [1.54, 1.807) is 4.68 Å². The van der Waals surface area contributed by atoms with Gasteiger partial charge in [0.2, 0.25) is 5.95 Å². The fraction of sp³-hybridized carbons (Fsp3) is 0.292. The van der Waals surface area contributed by atoms with E-state index in [2.05, 4.69) is 27.6 Å². The molecule has 0 bridgehead atoms. The van der Waals surface area contributed by atoms with Gasteiger partial charge in [0, 0.05) is 11.4 Å². The molecule has 1 unspecified atom stereocenters. The minimum Gasteiger partial charge on any atom is -0.494 e. The van der Waals surface area contributed by atoms with Crippen LogP contribution >= 0.6 is 0 Å².